The zero-order valence-corrected chi connectivity index (χ0v) is 17.8. The van der Waals surface area contributed by atoms with E-state index in [1.807, 2.05) is 18.2 Å². The minimum Gasteiger partial charge on any atom is -0.494 e. The minimum absolute atomic E-state index is 0.123. The van der Waals surface area contributed by atoms with Crippen molar-refractivity contribution in [2.45, 2.75) is 26.7 Å². The number of aromatic amines is 1. The van der Waals surface area contributed by atoms with Crippen LogP contribution in [0.2, 0.25) is 0 Å². The maximum absolute atomic E-state index is 12.1. The van der Waals surface area contributed by atoms with Crippen molar-refractivity contribution in [3.8, 4) is 11.8 Å². The van der Waals surface area contributed by atoms with Crippen molar-refractivity contribution >= 4 is 40.1 Å². The average Bonchev–Trinajstić information content (AvgIpc) is 3.38. The fourth-order valence-electron chi connectivity index (χ4n) is 3.60. The molecule has 0 atom stereocenters. The molecule has 1 amide bonds. The first kappa shape index (κ1) is 20.5. The minimum atomic E-state index is 0.123. The molecule has 1 aromatic carbocycles. The maximum atomic E-state index is 12.1. The van der Waals surface area contributed by atoms with E-state index >= 15 is 0 Å². The second-order valence-corrected chi connectivity index (χ2v) is 7.87. The van der Waals surface area contributed by atoms with Crippen LogP contribution >= 0.6 is 0 Å². The summed E-state index contributed by atoms with van der Waals surface area (Å²) in [7, 11) is 1.58. The number of carbonyl (C=O) groups is 1. The SMILES string of the molecule is COc1cc(N2CCCC2=O)ccc1Nc1nc(NCC(C)C)c2c(C#N)c[nH]c2n1. The van der Waals surface area contributed by atoms with E-state index in [1.165, 1.54) is 0 Å². The standard InChI is InChI=1S/C22H25N7O2/c1-13(2)11-24-20-19-14(10-23)12-25-21(19)28-22(27-20)26-16-7-6-15(9-17(16)31-3)29-8-4-5-18(29)30/h6-7,9,12-13H,4-5,8,11H2,1-3H3,(H3,24,25,26,27,28). The van der Waals surface area contributed by atoms with E-state index in [4.69, 9.17) is 4.74 Å². The lowest BCUT2D eigenvalue weighted by molar-refractivity contribution is -0.117. The number of nitriles is 1. The van der Waals surface area contributed by atoms with Crippen LogP contribution in [0.5, 0.6) is 5.75 Å². The monoisotopic (exact) mass is 419 g/mol. The number of methoxy groups -OCH3 is 1. The third kappa shape index (κ3) is 4.10. The number of hydrogen-bond acceptors (Lipinski definition) is 7. The fourth-order valence-corrected chi connectivity index (χ4v) is 3.60. The van der Waals surface area contributed by atoms with Crippen LogP contribution < -0.4 is 20.3 Å². The van der Waals surface area contributed by atoms with Crippen LogP contribution in [0.15, 0.2) is 24.4 Å². The topological polar surface area (TPSA) is 119 Å². The summed E-state index contributed by atoms with van der Waals surface area (Å²) in [6.07, 6.45) is 3.07. The van der Waals surface area contributed by atoms with Crippen LogP contribution in [0.4, 0.5) is 23.1 Å². The number of rotatable bonds is 7. The molecule has 0 spiro atoms. The molecule has 9 heteroatoms. The number of carbonyl (C=O) groups excluding carboxylic acids is 1. The van der Waals surface area contributed by atoms with Crippen LogP contribution in [-0.4, -0.2) is 41.1 Å². The number of fused-ring (bicyclic) bond motifs is 1. The van der Waals surface area contributed by atoms with Gasteiger partial charge in [0.1, 0.15) is 23.3 Å². The summed E-state index contributed by atoms with van der Waals surface area (Å²) in [5.74, 6) is 2.08. The molecule has 1 fully saturated rings. The van der Waals surface area contributed by atoms with Gasteiger partial charge in [-0.25, -0.2) is 0 Å². The van der Waals surface area contributed by atoms with Crippen molar-refractivity contribution < 1.29 is 9.53 Å². The predicted molar refractivity (Wildman–Crippen MR) is 120 cm³/mol. The third-order valence-corrected chi connectivity index (χ3v) is 5.15. The van der Waals surface area contributed by atoms with Gasteiger partial charge in [-0.2, -0.15) is 15.2 Å². The molecule has 3 aromatic rings. The lowest BCUT2D eigenvalue weighted by atomic mass is 10.2. The molecule has 160 valence electrons. The van der Waals surface area contributed by atoms with Gasteiger partial charge in [0.05, 0.1) is 23.7 Å². The molecule has 0 saturated carbocycles. The molecule has 31 heavy (non-hydrogen) atoms. The lowest BCUT2D eigenvalue weighted by Gasteiger charge is -2.18. The molecule has 0 radical (unpaired) electrons. The molecule has 2 aromatic heterocycles. The van der Waals surface area contributed by atoms with Gasteiger partial charge in [-0.05, 0) is 24.5 Å². The molecular weight excluding hydrogens is 394 g/mol. The van der Waals surface area contributed by atoms with Crippen LogP contribution in [0.25, 0.3) is 11.0 Å². The first-order valence-electron chi connectivity index (χ1n) is 10.3. The summed E-state index contributed by atoms with van der Waals surface area (Å²) in [4.78, 5) is 26.0. The lowest BCUT2D eigenvalue weighted by Crippen LogP contribution is -2.23. The van der Waals surface area contributed by atoms with Crippen molar-refractivity contribution in [3.63, 3.8) is 0 Å². The van der Waals surface area contributed by atoms with Crippen molar-refractivity contribution in [1.82, 2.24) is 15.0 Å². The van der Waals surface area contributed by atoms with Crippen LogP contribution in [0, 0.1) is 17.2 Å². The van der Waals surface area contributed by atoms with E-state index in [0.717, 1.165) is 12.1 Å². The highest BCUT2D eigenvalue weighted by molar-refractivity contribution is 5.96. The molecule has 0 aliphatic carbocycles. The van der Waals surface area contributed by atoms with Gasteiger partial charge < -0.3 is 25.3 Å². The Kier molecular flexibility index (Phi) is 5.62. The number of amides is 1. The number of ether oxygens (including phenoxy) is 1. The third-order valence-electron chi connectivity index (χ3n) is 5.15. The molecule has 0 bridgehead atoms. The molecular formula is C22H25N7O2. The first-order valence-corrected chi connectivity index (χ1v) is 10.3. The van der Waals surface area contributed by atoms with Gasteiger partial charge in [-0.15, -0.1) is 0 Å². The predicted octanol–water partition coefficient (Wildman–Crippen LogP) is 3.78. The first-order chi connectivity index (χ1) is 15.0. The largest absolute Gasteiger partial charge is 0.494 e. The van der Waals surface area contributed by atoms with Gasteiger partial charge in [-0.1, -0.05) is 13.8 Å². The number of anilines is 4. The summed E-state index contributed by atoms with van der Waals surface area (Å²) in [5, 5.41) is 16.6. The molecule has 4 rings (SSSR count). The fraction of sp³-hybridized carbons (Fsp3) is 0.364. The molecule has 1 saturated heterocycles. The highest BCUT2D eigenvalue weighted by Crippen LogP contribution is 2.34. The Morgan fingerprint density at radius 3 is 2.87 bits per heavy atom. The van der Waals surface area contributed by atoms with Crippen LogP contribution in [0.3, 0.4) is 0 Å². The van der Waals surface area contributed by atoms with Crippen molar-refractivity contribution in [2.24, 2.45) is 5.92 Å². The number of hydrogen-bond donors (Lipinski definition) is 3. The Hall–Kier alpha value is -3.80. The van der Waals surface area contributed by atoms with Crippen LogP contribution in [-0.2, 0) is 4.79 Å². The summed E-state index contributed by atoms with van der Waals surface area (Å²) in [6, 6.07) is 7.75. The Morgan fingerprint density at radius 2 is 2.19 bits per heavy atom. The van der Waals surface area contributed by atoms with Gasteiger partial charge >= 0.3 is 0 Å². The second kappa shape index (κ2) is 8.52. The van der Waals surface area contributed by atoms with E-state index in [9.17, 15) is 10.1 Å². The second-order valence-electron chi connectivity index (χ2n) is 7.87. The van der Waals surface area contributed by atoms with Gasteiger partial charge in [0.15, 0.2) is 0 Å². The molecule has 3 N–H and O–H groups in total. The van der Waals surface area contributed by atoms with Gasteiger partial charge in [-0.3, -0.25) is 4.79 Å². The number of H-pyrrole nitrogens is 1. The van der Waals surface area contributed by atoms with Crippen molar-refractivity contribution in [3.05, 3.63) is 30.0 Å². The number of aromatic nitrogens is 3. The maximum Gasteiger partial charge on any atom is 0.231 e. The van der Waals surface area contributed by atoms with E-state index in [0.29, 0.717) is 65.2 Å². The Morgan fingerprint density at radius 1 is 1.35 bits per heavy atom. The van der Waals surface area contributed by atoms with E-state index < -0.39 is 0 Å². The van der Waals surface area contributed by atoms with Gasteiger partial charge in [0.2, 0.25) is 11.9 Å². The molecule has 0 unspecified atom stereocenters. The summed E-state index contributed by atoms with van der Waals surface area (Å²) in [6.45, 7) is 5.63. The Bertz CT molecular complexity index is 1160. The number of nitrogens with zero attached hydrogens (tertiary/aromatic N) is 4. The Labute approximate surface area is 180 Å². The number of nitrogens with one attached hydrogen (secondary N) is 3. The summed E-state index contributed by atoms with van der Waals surface area (Å²) >= 11 is 0. The van der Waals surface area contributed by atoms with Crippen molar-refractivity contribution in [2.75, 3.05) is 35.7 Å². The number of benzene rings is 1. The highest BCUT2D eigenvalue weighted by Gasteiger charge is 2.23. The molecule has 3 heterocycles. The molecule has 9 nitrogen and oxygen atoms in total. The smallest absolute Gasteiger partial charge is 0.231 e. The summed E-state index contributed by atoms with van der Waals surface area (Å²) < 4.78 is 5.55. The van der Waals surface area contributed by atoms with E-state index in [-0.39, 0.29) is 5.91 Å². The normalized spacial score (nSPS) is 13.6. The van der Waals surface area contributed by atoms with E-state index in [2.05, 4.69) is 45.5 Å². The average molecular weight is 419 g/mol. The Balaban J connectivity index is 1.68. The van der Waals surface area contributed by atoms with Crippen LogP contribution in [0.1, 0.15) is 32.3 Å². The molecule has 1 aliphatic heterocycles. The van der Waals surface area contributed by atoms with E-state index in [1.54, 1.807) is 18.2 Å². The van der Waals surface area contributed by atoms with Gasteiger partial charge in [0.25, 0.3) is 0 Å². The van der Waals surface area contributed by atoms with Gasteiger partial charge in [0, 0.05) is 37.5 Å². The quantitative estimate of drug-likeness (QED) is 0.533. The summed E-state index contributed by atoms with van der Waals surface area (Å²) in [5.41, 5.74) is 2.55. The highest BCUT2D eigenvalue weighted by atomic mass is 16.5. The molecule has 1 aliphatic rings. The zero-order valence-electron chi connectivity index (χ0n) is 17.8. The van der Waals surface area contributed by atoms with Crippen molar-refractivity contribution in [1.29, 1.82) is 5.26 Å². The zero-order chi connectivity index (χ0) is 22.0.